The molecule has 0 amide bonds. The number of fused-ring (bicyclic) bond motifs is 1. The number of nitrogens with zero attached hydrogens (tertiary/aromatic N) is 4. The summed E-state index contributed by atoms with van der Waals surface area (Å²) in [4.78, 5) is 29.8. The normalized spacial score (nSPS) is 15.2. The summed E-state index contributed by atoms with van der Waals surface area (Å²) in [6, 6.07) is -0.683. The molecule has 2 atom stereocenters. The van der Waals surface area contributed by atoms with Crippen LogP contribution >= 0.6 is 7.60 Å². The molecule has 8 nitrogen and oxygen atoms in total. The van der Waals surface area contributed by atoms with Crippen molar-refractivity contribution in [3.8, 4) is 0 Å². The molecule has 0 fully saturated rings. The first kappa shape index (κ1) is 22.2. The van der Waals surface area contributed by atoms with Crippen LogP contribution in [0.5, 0.6) is 0 Å². The van der Waals surface area contributed by atoms with Crippen molar-refractivity contribution in [2.24, 2.45) is 0 Å². The van der Waals surface area contributed by atoms with Gasteiger partial charge < -0.3 is 29.1 Å². The second kappa shape index (κ2) is 8.25. The van der Waals surface area contributed by atoms with E-state index >= 15 is 0 Å². The van der Waals surface area contributed by atoms with Gasteiger partial charge in [-0.2, -0.15) is 0 Å². The van der Waals surface area contributed by atoms with Gasteiger partial charge in [-0.3, -0.25) is 9.55 Å². The molecule has 2 aromatic heterocycles. The van der Waals surface area contributed by atoms with Gasteiger partial charge in [0.05, 0.1) is 6.33 Å². The quantitative estimate of drug-likeness (QED) is 0.382. The summed E-state index contributed by atoms with van der Waals surface area (Å²) in [5.74, 6) is -2.62. The molecule has 0 aliphatic carbocycles. The van der Waals surface area contributed by atoms with Gasteiger partial charge in [0.1, 0.15) is 0 Å². The van der Waals surface area contributed by atoms with E-state index in [1.54, 1.807) is 18.4 Å². The number of hydrogen-bond acceptors (Lipinski definition) is 5. The van der Waals surface area contributed by atoms with Gasteiger partial charge in [0.2, 0.25) is 0 Å². The summed E-state index contributed by atoms with van der Waals surface area (Å²) in [6.07, 6.45) is 3.63. The van der Waals surface area contributed by atoms with Gasteiger partial charge in [-0.1, -0.05) is 20.1 Å². The van der Waals surface area contributed by atoms with Crippen LogP contribution in [0.2, 0.25) is 0 Å². The van der Waals surface area contributed by atoms with Crippen molar-refractivity contribution in [2.75, 3.05) is 6.35 Å². The largest absolute Gasteiger partial charge is 0.369 e. The minimum Gasteiger partial charge on any atom is -0.369 e. The van der Waals surface area contributed by atoms with Crippen LogP contribution in [-0.2, 0) is 42.0 Å². The Hall–Kier alpha value is -0.826. The molecule has 0 spiro atoms. The van der Waals surface area contributed by atoms with Crippen LogP contribution < -0.4 is 0 Å². The summed E-state index contributed by atoms with van der Waals surface area (Å²) in [5.41, 5.74) is 1.47. The minimum atomic E-state index is -4.55. The second-order valence-electron chi connectivity index (χ2n) is 5.22. The second-order valence-corrected chi connectivity index (χ2v) is 6.81. The molecule has 0 aromatic carbocycles. The van der Waals surface area contributed by atoms with Crippen molar-refractivity contribution >= 4 is 18.8 Å². The Morgan fingerprint density at radius 2 is 2.24 bits per heavy atom. The molecule has 0 saturated heterocycles. The predicted molar refractivity (Wildman–Crippen MR) is 84.8 cm³/mol. The van der Waals surface area contributed by atoms with Crippen molar-refractivity contribution < 1.29 is 56.2 Å². The van der Waals surface area contributed by atoms with Gasteiger partial charge in [0, 0.05) is 61.8 Å². The van der Waals surface area contributed by atoms with Gasteiger partial charge in [-0.25, -0.2) is 4.39 Å². The fourth-order valence-electron chi connectivity index (χ4n) is 2.12. The maximum Gasteiger partial charge on any atom is 0.351 e. The monoisotopic (exact) mass is 444 g/mol. The van der Waals surface area contributed by atoms with Gasteiger partial charge in [-0.05, 0) is 18.7 Å². The standard InChI is InChI=1S/C14H17FN4O4P.Y/c1-5-14(15,23-8-24(20,21)22)9(2)11(4)19-7-18-12-10(3)16-6-17-13(12)19;/h5,7,11H,1-2,8H2,3-4H3,(H2,20,21,22);/q-1;/t11-,14-;/m1./s1. The predicted octanol–water partition coefficient (Wildman–Crippen LogP) is 2.05. The Labute approximate surface area is 169 Å². The van der Waals surface area contributed by atoms with Crippen LogP contribution in [0.3, 0.4) is 0 Å². The zero-order valence-corrected chi connectivity index (χ0v) is 17.5. The molecule has 1 radical (unpaired) electrons. The van der Waals surface area contributed by atoms with Gasteiger partial charge in [-0.15, -0.1) is 0 Å². The zero-order chi connectivity index (χ0) is 18.1. The fourth-order valence-corrected chi connectivity index (χ4v) is 2.47. The minimum absolute atomic E-state index is 0. The third-order valence-electron chi connectivity index (χ3n) is 3.55. The number of alkyl halides is 1. The van der Waals surface area contributed by atoms with E-state index in [1.807, 2.05) is 0 Å². The van der Waals surface area contributed by atoms with Crippen LogP contribution in [0.4, 0.5) is 4.39 Å². The van der Waals surface area contributed by atoms with E-state index in [9.17, 15) is 8.96 Å². The molecular formula is C14H17FN4O4PY-. The third kappa shape index (κ3) is 4.87. The SMILES string of the molecule is C=C[C@@](F)(OCP(=O)(O)O)C(=C)[C@@H](C)n1cnc2c(C)n[c-]nc21.[Y]. The summed E-state index contributed by atoms with van der Waals surface area (Å²) < 4.78 is 32.1. The summed E-state index contributed by atoms with van der Waals surface area (Å²) >= 11 is 0. The van der Waals surface area contributed by atoms with Crippen LogP contribution in [0.15, 0.2) is 31.1 Å². The first-order valence-electron chi connectivity index (χ1n) is 6.86. The number of aromatic nitrogens is 4. The summed E-state index contributed by atoms with van der Waals surface area (Å²) in [5, 5.41) is 0. The van der Waals surface area contributed by atoms with Gasteiger partial charge in [0.25, 0.3) is 5.85 Å². The van der Waals surface area contributed by atoms with E-state index in [2.05, 4.69) is 34.4 Å². The Kier molecular flexibility index (Phi) is 7.33. The molecule has 0 saturated carbocycles. The van der Waals surface area contributed by atoms with Gasteiger partial charge in [0.15, 0.2) is 6.35 Å². The molecule has 2 rings (SSSR count). The molecule has 0 aliphatic heterocycles. The number of hydrogen-bond donors (Lipinski definition) is 2. The molecule has 2 N–H and O–H groups in total. The topological polar surface area (TPSA) is 110 Å². The first-order chi connectivity index (χ1) is 11.1. The molecule has 25 heavy (non-hydrogen) atoms. The first-order valence-corrected chi connectivity index (χ1v) is 8.66. The van der Waals surface area contributed by atoms with E-state index in [-0.39, 0.29) is 38.3 Å². The van der Waals surface area contributed by atoms with Crippen molar-refractivity contribution in [1.82, 2.24) is 19.5 Å². The smallest absolute Gasteiger partial charge is 0.351 e. The Morgan fingerprint density at radius 3 is 2.80 bits per heavy atom. The molecule has 0 bridgehead atoms. The van der Waals surface area contributed by atoms with E-state index in [0.29, 0.717) is 16.9 Å². The number of rotatable bonds is 7. The molecule has 0 unspecified atom stereocenters. The van der Waals surface area contributed by atoms with E-state index < -0.39 is 25.8 Å². The van der Waals surface area contributed by atoms with Gasteiger partial charge >= 0.3 is 7.60 Å². The van der Waals surface area contributed by atoms with Crippen LogP contribution in [-0.4, -0.2) is 41.5 Å². The Balaban J connectivity index is 0.00000312. The molecule has 2 aromatic rings. The number of aryl methyl sites for hydroxylation is 1. The maximum atomic E-state index is 14.9. The summed E-state index contributed by atoms with van der Waals surface area (Å²) in [6.45, 7) is 10.3. The van der Waals surface area contributed by atoms with E-state index in [0.717, 1.165) is 6.08 Å². The van der Waals surface area contributed by atoms with Crippen molar-refractivity contribution in [1.29, 1.82) is 0 Å². The number of halogens is 1. The fraction of sp³-hybridized carbons (Fsp3) is 0.357. The van der Waals surface area contributed by atoms with Crippen LogP contribution in [0.1, 0.15) is 18.7 Å². The Bertz CT molecular complexity index is 839. The average Bonchev–Trinajstić information content (AvgIpc) is 2.96. The van der Waals surface area contributed by atoms with Crippen LogP contribution in [0.25, 0.3) is 11.2 Å². The van der Waals surface area contributed by atoms with E-state index in [4.69, 9.17) is 14.5 Å². The van der Waals surface area contributed by atoms with Crippen molar-refractivity contribution in [3.05, 3.63) is 43.2 Å². The van der Waals surface area contributed by atoms with Crippen LogP contribution in [0, 0.1) is 13.3 Å². The third-order valence-corrected chi connectivity index (χ3v) is 4.01. The molecule has 11 heteroatoms. The van der Waals surface area contributed by atoms with E-state index in [1.165, 1.54) is 6.33 Å². The average molecular weight is 444 g/mol. The summed E-state index contributed by atoms with van der Waals surface area (Å²) in [7, 11) is -4.55. The van der Waals surface area contributed by atoms with Crippen molar-refractivity contribution in [2.45, 2.75) is 25.7 Å². The molecule has 0 aliphatic rings. The number of ether oxygens (including phenoxy) is 1. The Morgan fingerprint density at radius 1 is 1.60 bits per heavy atom. The maximum absolute atomic E-state index is 14.9. The molecule has 133 valence electrons. The molecule has 2 heterocycles. The van der Waals surface area contributed by atoms with Crippen molar-refractivity contribution in [3.63, 3.8) is 0 Å². The number of imidazole rings is 1. The zero-order valence-electron chi connectivity index (χ0n) is 13.8. The molecular weight excluding hydrogens is 427 g/mol.